The van der Waals surface area contributed by atoms with Gasteiger partial charge in [-0.3, -0.25) is 4.79 Å². The molecule has 1 aromatic heterocycles. The van der Waals surface area contributed by atoms with Crippen molar-refractivity contribution in [1.29, 1.82) is 0 Å². The Morgan fingerprint density at radius 2 is 2.16 bits per heavy atom. The molecule has 1 aromatic rings. The molecule has 0 aliphatic rings. The first-order chi connectivity index (χ1) is 8.96. The summed E-state index contributed by atoms with van der Waals surface area (Å²) in [6.07, 6.45) is 2.18. The van der Waals surface area contributed by atoms with E-state index in [2.05, 4.69) is 10.3 Å². The Hall–Kier alpha value is -1.62. The smallest absolute Gasteiger partial charge is 0.256 e. The Morgan fingerprint density at radius 1 is 1.47 bits per heavy atom. The Balaban J connectivity index is 2.83. The van der Waals surface area contributed by atoms with Crippen molar-refractivity contribution in [2.45, 2.75) is 39.7 Å². The summed E-state index contributed by atoms with van der Waals surface area (Å²) in [6, 6.07) is 1.83. The maximum atomic E-state index is 12.1. The molecule has 19 heavy (non-hydrogen) atoms. The van der Waals surface area contributed by atoms with E-state index in [-0.39, 0.29) is 5.91 Å². The molecule has 1 rings (SSSR count). The van der Waals surface area contributed by atoms with E-state index in [9.17, 15) is 4.79 Å². The topological polar surface area (TPSA) is 60.5 Å². The van der Waals surface area contributed by atoms with Crippen LogP contribution in [0.4, 0.5) is 5.69 Å². The van der Waals surface area contributed by atoms with Crippen LogP contribution >= 0.6 is 0 Å². The minimum Gasteiger partial charge on any atom is -0.478 e. The van der Waals surface area contributed by atoms with Crippen molar-refractivity contribution < 1.29 is 14.3 Å². The van der Waals surface area contributed by atoms with E-state index in [1.807, 2.05) is 26.8 Å². The molecule has 0 spiro atoms. The zero-order valence-electron chi connectivity index (χ0n) is 12.2. The summed E-state index contributed by atoms with van der Waals surface area (Å²) in [5, 5.41) is 2.81. The quantitative estimate of drug-likeness (QED) is 0.859. The lowest BCUT2D eigenvalue weighted by Crippen LogP contribution is -2.41. The lowest BCUT2D eigenvalue weighted by atomic mass is 10.0. The van der Waals surface area contributed by atoms with Gasteiger partial charge in [-0.25, -0.2) is 4.98 Å². The number of methoxy groups -OCH3 is 1. The van der Waals surface area contributed by atoms with Gasteiger partial charge in [0.1, 0.15) is 5.60 Å². The molecule has 106 valence electrons. The number of amides is 1. The highest BCUT2D eigenvalue weighted by Gasteiger charge is 2.31. The molecular weight excluding hydrogens is 244 g/mol. The van der Waals surface area contributed by atoms with E-state index >= 15 is 0 Å². The van der Waals surface area contributed by atoms with Crippen LogP contribution in [0.2, 0.25) is 0 Å². The van der Waals surface area contributed by atoms with E-state index < -0.39 is 5.60 Å². The minimum absolute atomic E-state index is 0.178. The molecule has 0 aromatic carbocycles. The molecule has 0 bridgehead atoms. The molecule has 0 aliphatic carbocycles. The molecular formula is C14H22N2O3. The highest BCUT2D eigenvalue weighted by Crippen LogP contribution is 2.21. The zero-order chi connectivity index (χ0) is 14.5. The first-order valence-electron chi connectivity index (χ1n) is 6.42. The number of carbonyl (C=O) groups is 1. The van der Waals surface area contributed by atoms with Crippen molar-refractivity contribution in [3.05, 3.63) is 17.8 Å². The number of aryl methyl sites for hydroxylation is 1. The summed E-state index contributed by atoms with van der Waals surface area (Å²) in [4.78, 5) is 16.3. The van der Waals surface area contributed by atoms with Crippen molar-refractivity contribution in [3.8, 4) is 5.88 Å². The number of nitrogens with one attached hydrogen (secondary N) is 1. The number of hydrogen-bond acceptors (Lipinski definition) is 4. The highest BCUT2D eigenvalue weighted by atomic mass is 16.5. The second-order valence-electron chi connectivity index (χ2n) is 4.52. The van der Waals surface area contributed by atoms with E-state index in [0.29, 0.717) is 24.6 Å². The van der Waals surface area contributed by atoms with Crippen LogP contribution in [0.3, 0.4) is 0 Å². The third kappa shape index (κ3) is 3.67. The molecule has 0 saturated heterocycles. The molecule has 0 fully saturated rings. The molecule has 0 saturated carbocycles. The molecule has 0 radical (unpaired) electrons. The van der Waals surface area contributed by atoms with Gasteiger partial charge in [-0.1, -0.05) is 6.92 Å². The van der Waals surface area contributed by atoms with Crippen LogP contribution in [0.5, 0.6) is 5.88 Å². The average molecular weight is 266 g/mol. The van der Waals surface area contributed by atoms with E-state index in [1.54, 1.807) is 13.1 Å². The van der Waals surface area contributed by atoms with Crippen molar-refractivity contribution in [2.24, 2.45) is 0 Å². The second-order valence-corrected chi connectivity index (χ2v) is 4.52. The fraction of sp³-hybridized carbons (Fsp3) is 0.571. The summed E-state index contributed by atoms with van der Waals surface area (Å²) in [7, 11) is 1.53. The largest absolute Gasteiger partial charge is 0.478 e. The van der Waals surface area contributed by atoms with Gasteiger partial charge in [0.2, 0.25) is 5.88 Å². The van der Waals surface area contributed by atoms with Gasteiger partial charge < -0.3 is 14.8 Å². The first kappa shape index (κ1) is 15.4. The van der Waals surface area contributed by atoms with E-state index in [4.69, 9.17) is 9.47 Å². The van der Waals surface area contributed by atoms with Crippen LogP contribution in [0.25, 0.3) is 0 Å². The summed E-state index contributed by atoms with van der Waals surface area (Å²) in [5.41, 5.74) is 0.699. The summed E-state index contributed by atoms with van der Waals surface area (Å²) < 4.78 is 10.6. The number of aromatic nitrogens is 1. The third-order valence-corrected chi connectivity index (χ3v) is 3.17. The van der Waals surface area contributed by atoms with Crippen molar-refractivity contribution in [1.82, 2.24) is 4.98 Å². The molecule has 1 N–H and O–H groups in total. The fourth-order valence-corrected chi connectivity index (χ4v) is 1.58. The number of pyridine rings is 1. The van der Waals surface area contributed by atoms with Gasteiger partial charge >= 0.3 is 0 Å². The number of anilines is 1. The van der Waals surface area contributed by atoms with Crippen LogP contribution in [0, 0.1) is 6.92 Å². The maximum absolute atomic E-state index is 12.1. The lowest BCUT2D eigenvalue weighted by molar-refractivity contribution is -0.136. The maximum Gasteiger partial charge on any atom is 0.256 e. The molecule has 5 nitrogen and oxygen atoms in total. The van der Waals surface area contributed by atoms with Crippen LogP contribution in [0.15, 0.2) is 12.3 Å². The Bertz CT molecular complexity index is 442. The molecule has 1 unspecified atom stereocenters. The average Bonchev–Trinajstić information content (AvgIpc) is 2.41. The number of carbonyl (C=O) groups excluding carboxylic acids is 1. The summed E-state index contributed by atoms with van der Waals surface area (Å²) in [6.45, 7) is 8.03. The fourth-order valence-electron chi connectivity index (χ4n) is 1.58. The molecule has 0 aliphatic heterocycles. The third-order valence-electron chi connectivity index (χ3n) is 3.17. The zero-order valence-corrected chi connectivity index (χ0v) is 12.2. The van der Waals surface area contributed by atoms with Crippen LogP contribution in [-0.4, -0.2) is 30.2 Å². The van der Waals surface area contributed by atoms with Crippen molar-refractivity contribution in [2.75, 3.05) is 19.0 Å². The summed E-state index contributed by atoms with van der Waals surface area (Å²) in [5.74, 6) is 0.411. The molecule has 1 atom stereocenters. The number of hydrogen-bond donors (Lipinski definition) is 1. The Morgan fingerprint density at radius 3 is 2.63 bits per heavy atom. The highest BCUT2D eigenvalue weighted by molar-refractivity contribution is 5.96. The predicted octanol–water partition coefficient (Wildman–Crippen LogP) is 2.54. The Kier molecular flexibility index (Phi) is 5.30. The number of rotatable bonds is 6. The second kappa shape index (κ2) is 6.52. The normalized spacial score (nSPS) is 13.7. The van der Waals surface area contributed by atoms with Crippen LogP contribution in [-0.2, 0) is 9.53 Å². The molecule has 1 amide bonds. The van der Waals surface area contributed by atoms with Crippen LogP contribution in [0.1, 0.15) is 32.8 Å². The number of nitrogens with zero attached hydrogens (tertiary/aromatic N) is 1. The van der Waals surface area contributed by atoms with Gasteiger partial charge in [0.25, 0.3) is 5.91 Å². The van der Waals surface area contributed by atoms with Crippen molar-refractivity contribution >= 4 is 11.6 Å². The predicted molar refractivity (Wildman–Crippen MR) is 74.5 cm³/mol. The van der Waals surface area contributed by atoms with Gasteiger partial charge in [0, 0.05) is 12.7 Å². The minimum atomic E-state index is -0.827. The van der Waals surface area contributed by atoms with E-state index in [0.717, 1.165) is 5.56 Å². The Labute approximate surface area is 114 Å². The lowest BCUT2D eigenvalue weighted by Gasteiger charge is -2.25. The van der Waals surface area contributed by atoms with Crippen LogP contribution < -0.4 is 10.1 Å². The standard InChI is InChI=1S/C14H22N2O3/c1-6-14(4,18-5)13(17)16-11-8-10(3)12(15-9-11)19-7-2/h8-9H,6-7H2,1-5H3,(H,16,17). The van der Waals surface area contributed by atoms with Gasteiger partial charge in [-0.2, -0.15) is 0 Å². The monoisotopic (exact) mass is 266 g/mol. The van der Waals surface area contributed by atoms with Gasteiger partial charge in [0.05, 0.1) is 18.5 Å². The molecule has 1 heterocycles. The molecule has 5 heteroatoms. The van der Waals surface area contributed by atoms with Gasteiger partial charge in [-0.05, 0) is 33.3 Å². The van der Waals surface area contributed by atoms with Gasteiger partial charge in [-0.15, -0.1) is 0 Å². The number of ether oxygens (including phenoxy) is 2. The summed E-state index contributed by atoms with van der Waals surface area (Å²) >= 11 is 0. The van der Waals surface area contributed by atoms with Crippen molar-refractivity contribution in [3.63, 3.8) is 0 Å². The SMILES string of the molecule is CCOc1ncc(NC(=O)C(C)(CC)OC)cc1C. The first-order valence-corrected chi connectivity index (χ1v) is 6.42. The van der Waals surface area contributed by atoms with E-state index in [1.165, 1.54) is 7.11 Å². The van der Waals surface area contributed by atoms with Gasteiger partial charge in [0.15, 0.2) is 0 Å².